The highest BCUT2D eigenvalue weighted by Gasteiger charge is 2.50. The molecule has 1 heterocycles. The fourth-order valence-corrected chi connectivity index (χ4v) is 5.13. The van der Waals surface area contributed by atoms with Gasteiger partial charge in [0.05, 0.1) is 7.11 Å². The molecule has 2 amide bonds. The van der Waals surface area contributed by atoms with E-state index in [1.54, 1.807) is 7.11 Å². The molecule has 0 aromatic heterocycles. The summed E-state index contributed by atoms with van der Waals surface area (Å²) in [6.45, 7) is 5.91. The number of amides is 2. The number of likely N-dealkylation sites (tertiary alicyclic amines) is 1. The summed E-state index contributed by atoms with van der Waals surface area (Å²) in [5.41, 5.74) is 1.23. The summed E-state index contributed by atoms with van der Waals surface area (Å²) >= 11 is 0. The first kappa shape index (κ1) is 21.7. The van der Waals surface area contributed by atoms with Crippen LogP contribution in [-0.2, 0) is 16.0 Å². The van der Waals surface area contributed by atoms with Crippen molar-refractivity contribution in [3.8, 4) is 5.75 Å². The van der Waals surface area contributed by atoms with E-state index in [1.807, 2.05) is 12.1 Å². The van der Waals surface area contributed by atoms with Crippen molar-refractivity contribution in [1.29, 1.82) is 0 Å². The molecule has 1 aliphatic carbocycles. The topological polar surface area (TPSA) is 58.6 Å². The average Bonchev–Trinajstić information content (AvgIpc) is 3.18. The van der Waals surface area contributed by atoms with Crippen LogP contribution in [0.3, 0.4) is 0 Å². The summed E-state index contributed by atoms with van der Waals surface area (Å²) in [5.74, 6) is 2.62. The van der Waals surface area contributed by atoms with Gasteiger partial charge >= 0.3 is 0 Å². The van der Waals surface area contributed by atoms with Gasteiger partial charge in [0, 0.05) is 32.0 Å². The van der Waals surface area contributed by atoms with Gasteiger partial charge < -0.3 is 15.0 Å². The van der Waals surface area contributed by atoms with E-state index in [9.17, 15) is 9.59 Å². The molecule has 1 aromatic carbocycles. The van der Waals surface area contributed by atoms with E-state index in [1.165, 1.54) is 5.56 Å². The average molecular weight is 401 g/mol. The molecule has 0 radical (unpaired) electrons. The van der Waals surface area contributed by atoms with E-state index in [2.05, 4.69) is 36.2 Å². The van der Waals surface area contributed by atoms with Crippen molar-refractivity contribution >= 4 is 11.8 Å². The molecule has 5 nitrogen and oxygen atoms in total. The number of ether oxygens (including phenoxy) is 1. The number of carbonyl (C=O) groups is 2. The lowest BCUT2D eigenvalue weighted by atomic mass is 9.88. The minimum Gasteiger partial charge on any atom is -0.497 e. The first-order valence-electron chi connectivity index (χ1n) is 11.2. The maximum atomic E-state index is 12.7. The zero-order chi connectivity index (χ0) is 20.8. The molecule has 1 saturated carbocycles. The van der Waals surface area contributed by atoms with Gasteiger partial charge in [-0.25, -0.2) is 0 Å². The van der Waals surface area contributed by atoms with Gasteiger partial charge in [-0.15, -0.1) is 0 Å². The minimum absolute atomic E-state index is 0.162. The summed E-state index contributed by atoms with van der Waals surface area (Å²) in [6.07, 6.45) is 6.37. The van der Waals surface area contributed by atoms with E-state index in [-0.39, 0.29) is 11.8 Å². The molecule has 4 atom stereocenters. The van der Waals surface area contributed by atoms with Crippen molar-refractivity contribution in [1.82, 2.24) is 10.2 Å². The molecular formula is C24H36N2O3. The van der Waals surface area contributed by atoms with Crippen molar-refractivity contribution in [2.45, 2.75) is 64.8 Å². The van der Waals surface area contributed by atoms with E-state index in [0.717, 1.165) is 44.4 Å². The lowest BCUT2D eigenvalue weighted by molar-refractivity contribution is -0.129. The summed E-state index contributed by atoms with van der Waals surface area (Å²) < 4.78 is 5.22. The second-order valence-electron chi connectivity index (χ2n) is 8.76. The Morgan fingerprint density at radius 2 is 2.00 bits per heavy atom. The van der Waals surface area contributed by atoms with Crippen LogP contribution in [0.5, 0.6) is 5.75 Å². The molecule has 1 aliphatic heterocycles. The van der Waals surface area contributed by atoms with E-state index in [4.69, 9.17) is 4.74 Å². The maximum Gasteiger partial charge on any atom is 0.223 e. The van der Waals surface area contributed by atoms with Gasteiger partial charge in [0.25, 0.3) is 0 Å². The Morgan fingerprint density at radius 1 is 1.24 bits per heavy atom. The number of unbranched alkanes of at least 4 members (excludes halogenated alkanes) is 2. The number of fused-ring (bicyclic) bond motifs is 1. The summed E-state index contributed by atoms with van der Waals surface area (Å²) in [5, 5.41) is 3.14. The normalized spacial score (nSPS) is 25.9. The van der Waals surface area contributed by atoms with Crippen molar-refractivity contribution in [3.05, 3.63) is 29.8 Å². The largest absolute Gasteiger partial charge is 0.497 e. The molecule has 2 fully saturated rings. The van der Waals surface area contributed by atoms with Crippen LogP contribution >= 0.6 is 0 Å². The van der Waals surface area contributed by atoms with Gasteiger partial charge in [-0.1, -0.05) is 38.8 Å². The molecule has 1 N–H and O–H groups in total. The van der Waals surface area contributed by atoms with Crippen LogP contribution in [0.15, 0.2) is 24.3 Å². The highest BCUT2D eigenvalue weighted by atomic mass is 16.5. The SMILES string of the molecule is CCCCCC(=O)NC[C@H]1[C@@H]2CC(=O)N(CCc3ccc(OC)cc3)[C@@H]2C[C@@H]1C. The Kier molecular flexibility index (Phi) is 7.57. The fourth-order valence-electron chi connectivity index (χ4n) is 5.13. The molecule has 2 aliphatic rings. The third kappa shape index (κ3) is 5.31. The molecule has 160 valence electrons. The van der Waals surface area contributed by atoms with Crippen LogP contribution in [-0.4, -0.2) is 43.0 Å². The Morgan fingerprint density at radius 3 is 2.69 bits per heavy atom. The first-order valence-corrected chi connectivity index (χ1v) is 11.2. The molecule has 0 spiro atoms. The van der Waals surface area contributed by atoms with Crippen LogP contribution in [0.25, 0.3) is 0 Å². The van der Waals surface area contributed by atoms with Crippen LogP contribution in [0.2, 0.25) is 0 Å². The predicted molar refractivity (Wildman–Crippen MR) is 115 cm³/mol. The number of hydrogen-bond acceptors (Lipinski definition) is 3. The predicted octanol–water partition coefficient (Wildman–Crippen LogP) is 3.81. The third-order valence-corrected chi connectivity index (χ3v) is 6.86. The van der Waals surface area contributed by atoms with Gasteiger partial charge in [-0.2, -0.15) is 0 Å². The van der Waals surface area contributed by atoms with Crippen molar-refractivity contribution < 1.29 is 14.3 Å². The van der Waals surface area contributed by atoms with Gasteiger partial charge in [0.1, 0.15) is 5.75 Å². The Labute approximate surface area is 175 Å². The molecular weight excluding hydrogens is 364 g/mol. The van der Waals surface area contributed by atoms with Crippen LogP contribution in [0.1, 0.15) is 57.9 Å². The number of hydrogen-bond donors (Lipinski definition) is 1. The van der Waals surface area contributed by atoms with Gasteiger partial charge in [-0.05, 0) is 54.7 Å². The molecule has 0 bridgehead atoms. The highest BCUT2D eigenvalue weighted by Crippen LogP contribution is 2.45. The van der Waals surface area contributed by atoms with Crippen molar-refractivity contribution in [2.24, 2.45) is 17.8 Å². The molecule has 0 unspecified atom stereocenters. The number of carbonyl (C=O) groups excluding carboxylic acids is 2. The molecule has 3 rings (SSSR count). The highest BCUT2D eigenvalue weighted by molar-refractivity contribution is 5.80. The molecule has 1 saturated heterocycles. The van der Waals surface area contributed by atoms with Gasteiger partial charge in [-0.3, -0.25) is 9.59 Å². The Bertz CT molecular complexity index is 688. The Balaban J connectivity index is 1.52. The maximum absolute atomic E-state index is 12.7. The number of nitrogens with one attached hydrogen (secondary N) is 1. The number of methoxy groups -OCH3 is 1. The number of nitrogens with zero attached hydrogens (tertiary/aromatic N) is 1. The quantitative estimate of drug-likeness (QED) is 0.608. The zero-order valence-electron chi connectivity index (χ0n) is 18.2. The van der Waals surface area contributed by atoms with Gasteiger partial charge in [0.15, 0.2) is 0 Å². The lowest BCUT2D eigenvalue weighted by Gasteiger charge is -2.24. The Hall–Kier alpha value is -2.04. The summed E-state index contributed by atoms with van der Waals surface area (Å²) in [7, 11) is 1.67. The smallest absolute Gasteiger partial charge is 0.223 e. The second kappa shape index (κ2) is 10.1. The van der Waals surface area contributed by atoms with E-state index >= 15 is 0 Å². The summed E-state index contributed by atoms with van der Waals surface area (Å²) in [4.78, 5) is 26.9. The lowest BCUT2D eigenvalue weighted by Crippen LogP contribution is -2.36. The first-order chi connectivity index (χ1) is 14.0. The minimum atomic E-state index is 0.162. The van der Waals surface area contributed by atoms with Gasteiger partial charge in [0.2, 0.25) is 11.8 Å². The fraction of sp³-hybridized carbons (Fsp3) is 0.667. The molecule has 1 aromatic rings. The van der Waals surface area contributed by atoms with E-state index < -0.39 is 0 Å². The number of benzene rings is 1. The van der Waals surface area contributed by atoms with E-state index in [0.29, 0.717) is 43.2 Å². The zero-order valence-corrected chi connectivity index (χ0v) is 18.2. The van der Waals surface area contributed by atoms with Crippen molar-refractivity contribution in [2.75, 3.05) is 20.2 Å². The molecule has 5 heteroatoms. The third-order valence-electron chi connectivity index (χ3n) is 6.86. The van der Waals surface area contributed by atoms with Crippen LogP contribution in [0, 0.1) is 17.8 Å². The van der Waals surface area contributed by atoms with Crippen molar-refractivity contribution in [3.63, 3.8) is 0 Å². The summed E-state index contributed by atoms with van der Waals surface area (Å²) in [6, 6.07) is 8.43. The molecule has 29 heavy (non-hydrogen) atoms. The van der Waals surface area contributed by atoms with Crippen LogP contribution < -0.4 is 10.1 Å². The monoisotopic (exact) mass is 400 g/mol. The van der Waals surface area contributed by atoms with Crippen LogP contribution in [0.4, 0.5) is 0 Å². The number of rotatable bonds is 10. The standard InChI is InChI=1S/C24H36N2O3/c1-4-5-6-7-23(27)25-16-21-17(2)14-22-20(21)15-24(28)26(22)13-12-18-8-10-19(29-3)11-9-18/h8-11,17,20-22H,4-7,12-16H2,1-3H3,(H,25,27)/t17-,20-,21+,22+/m0/s1. The second-order valence-corrected chi connectivity index (χ2v) is 8.76.